The molecule has 4 nitrogen and oxygen atoms in total. The van der Waals surface area contributed by atoms with Gasteiger partial charge in [0.05, 0.1) is 0 Å². The zero-order chi connectivity index (χ0) is 12.1. The van der Waals surface area contributed by atoms with E-state index in [1.54, 1.807) is 6.07 Å². The summed E-state index contributed by atoms with van der Waals surface area (Å²) in [5.74, 6) is 0.171. The molecule has 2 unspecified atom stereocenters. The Balaban J connectivity index is 2.91. The first-order valence-corrected chi connectivity index (χ1v) is 5.36. The van der Waals surface area contributed by atoms with Gasteiger partial charge in [-0.25, -0.2) is 0 Å². The molecule has 4 heteroatoms. The minimum atomic E-state index is -0.597. The minimum absolute atomic E-state index is 0.137. The molecule has 1 rings (SSSR count). The molecule has 0 radical (unpaired) electrons. The Morgan fingerprint density at radius 3 is 2.56 bits per heavy atom. The Kier molecular flexibility index (Phi) is 4.31. The summed E-state index contributed by atoms with van der Waals surface area (Å²) >= 11 is 0. The van der Waals surface area contributed by atoms with Crippen molar-refractivity contribution < 1.29 is 9.53 Å². The Hall–Kier alpha value is -1.55. The molecule has 16 heavy (non-hydrogen) atoms. The van der Waals surface area contributed by atoms with Crippen LogP contribution in [0.1, 0.15) is 31.9 Å². The monoisotopic (exact) mass is 222 g/mol. The van der Waals surface area contributed by atoms with Gasteiger partial charge in [0, 0.05) is 11.6 Å². The lowest BCUT2D eigenvalue weighted by Gasteiger charge is -2.18. The van der Waals surface area contributed by atoms with E-state index in [0.717, 1.165) is 5.56 Å². The molecule has 0 aliphatic rings. The van der Waals surface area contributed by atoms with Crippen LogP contribution in [0.4, 0.5) is 0 Å². The van der Waals surface area contributed by atoms with Crippen molar-refractivity contribution in [1.29, 1.82) is 0 Å². The van der Waals surface area contributed by atoms with E-state index in [2.05, 4.69) is 0 Å². The summed E-state index contributed by atoms with van der Waals surface area (Å²) in [4.78, 5) is 11.1. The number of amides is 1. The van der Waals surface area contributed by atoms with Gasteiger partial charge in [0.1, 0.15) is 5.75 Å². The Morgan fingerprint density at radius 2 is 2.06 bits per heavy atom. The molecule has 0 fully saturated rings. The van der Waals surface area contributed by atoms with E-state index in [4.69, 9.17) is 16.2 Å². The smallest absolute Gasteiger partial charge is 0.258 e. The molecular formula is C12H18N2O2. The maximum Gasteiger partial charge on any atom is 0.258 e. The second kappa shape index (κ2) is 5.51. The zero-order valence-electron chi connectivity index (χ0n) is 9.64. The third kappa shape index (κ3) is 2.97. The Labute approximate surface area is 95.6 Å². The summed E-state index contributed by atoms with van der Waals surface area (Å²) in [6, 6.07) is 7.27. The van der Waals surface area contributed by atoms with Gasteiger partial charge >= 0.3 is 0 Å². The van der Waals surface area contributed by atoms with Gasteiger partial charge in [-0.1, -0.05) is 25.1 Å². The van der Waals surface area contributed by atoms with Crippen LogP contribution in [0.15, 0.2) is 24.3 Å². The van der Waals surface area contributed by atoms with Gasteiger partial charge in [0.15, 0.2) is 6.10 Å². The van der Waals surface area contributed by atoms with E-state index in [0.29, 0.717) is 12.2 Å². The summed E-state index contributed by atoms with van der Waals surface area (Å²) in [6.45, 7) is 3.72. The quantitative estimate of drug-likeness (QED) is 0.789. The molecule has 0 aliphatic carbocycles. The SMILES string of the molecule is CCC(Oc1ccccc1C(C)N)C(N)=O. The molecule has 1 aromatic carbocycles. The Bertz CT molecular complexity index is 364. The van der Waals surface area contributed by atoms with E-state index in [-0.39, 0.29) is 6.04 Å². The van der Waals surface area contributed by atoms with E-state index in [9.17, 15) is 4.79 Å². The van der Waals surface area contributed by atoms with Gasteiger partial charge < -0.3 is 16.2 Å². The highest BCUT2D eigenvalue weighted by Crippen LogP contribution is 2.24. The first-order chi connectivity index (χ1) is 7.56. The van der Waals surface area contributed by atoms with Crippen LogP contribution < -0.4 is 16.2 Å². The number of primary amides is 1. The zero-order valence-corrected chi connectivity index (χ0v) is 9.64. The van der Waals surface area contributed by atoms with Gasteiger partial charge in [-0.15, -0.1) is 0 Å². The van der Waals surface area contributed by atoms with Crippen molar-refractivity contribution in [1.82, 2.24) is 0 Å². The summed E-state index contributed by atoms with van der Waals surface area (Å²) in [5, 5.41) is 0. The predicted octanol–water partition coefficient (Wildman–Crippen LogP) is 1.35. The number of para-hydroxylation sites is 1. The van der Waals surface area contributed by atoms with Crippen LogP contribution in [0, 0.1) is 0 Å². The molecule has 0 spiro atoms. The number of benzene rings is 1. The van der Waals surface area contributed by atoms with E-state index < -0.39 is 12.0 Å². The predicted molar refractivity (Wildman–Crippen MR) is 62.9 cm³/mol. The van der Waals surface area contributed by atoms with E-state index in [1.165, 1.54) is 0 Å². The normalized spacial score (nSPS) is 14.2. The van der Waals surface area contributed by atoms with Gasteiger partial charge in [-0.2, -0.15) is 0 Å². The lowest BCUT2D eigenvalue weighted by molar-refractivity contribution is -0.124. The van der Waals surface area contributed by atoms with Gasteiger partial charge in [-0.3, -0.25) is 4.79 Å². The second-order valence-electron chi connectivity index (χ2n) is 3.74. The molecule has 0 saturated carbocycles. The highest BCUT2D eigenvalue weighted by Gasteiger charge is 2.17. The molecule has 0 aliphatic heterocycles. The van der Waals surface area contributed by atoms with Crippen molar-refractivity contribution in [3.8, 4) is 5.75 Å². The van der Waals surface area contributed by atoms with Gasteiger partial charge in [-0.05, 0) is 19.4 Å². The van der Waals surface area contributed by atoms with E-state index in [1.807, 2.05) is 32.0 Å². The molecular weight excluding hydrogens is 204 g/mol. The van der Waals surface area contributed by atoms with Crippen molar-refractivity contribution in [2.24, 2.45) is 11.5 Å². The fourth-order valence-electron chi connectivity index (χ4n) is 1.46. The lowest BCUT2D eigenvalue weighted by Crippen LogP contribution is -2.33. The summed E-state index contributed by atoms with van der Waals surface area (Å²) in [5.41, 5.74) is 11.9. The minimum Gasteiger partial charge on any atom is -0.480 e. The first-order valence-electron chi connectivity index (χ1n) is 5.36. The lowest BCUT2D eigenvalue weighted by atomic mass is 10.1. The van der Waals surface area contributed by atoms with Crippen molar-refractivity contribution in [2.75, 3.05) is 0 Å². The third-order valence-corrected chi connectivity index (χ3v) is 2.37. The van der Waals surface area contributed by atoms with Gasteiger partial charge in [0.2, 0.25) is 0 Å². The molecule has 88 valence electrons. The topological polar surface area (TPSA) is 78.3 Å². The molecule has 0 bridgehead atoms. The molecule has 2 atom stereocenters. The fraction of sp³-hybridized carbons (Fsp3) is 0.417. The van der Waals surface area contributed by atoms with Crippen LogP contribution in [-0.2, 0) is 4.79 Å². The van der Waals surface area contributed by atoms with Crippen LogP contribution in [-0.4, -0.2) is 12.0 Å². The summed E-state index contributed by atoms with van der Waals surface area (Å²) < 4.78 is 5.56. The van der Waals surface area contributed by atoms with Crippen LogP contribution in [0.5, 0.6) is 5.75 Å². The maximum atomic E-state index is 11.1. The number of hydrogen-bond donors (Lipinski definition) is 2. The number of carbonyl (C=O) groups excluding carboxylic acids is 1. The average molecular weight is 222 g/mol. The third-order valence-electron chi connectivity index (χ3n) is 2.37. The van der Waals surface area contributed by atoms with Crippen molar-refractivity contribution >= 4 is 5.91 Å². The maximum absolute atomic E-state index is 11.1. The van der Waals surface area contributed by atoms with Gasteiger partial charge in [0.25, 0.3) is 5.91 Å². The fourth-order valence-corrected chi connectivity index (χ4v) is 1.46. The van der Waals surface area contributed by atoms with Crippen molar-refractivity contribution in [3.63, 3.8) is 0 Å². The first kappa shape index (κ1) is 12.5. The van der Waals surface area contributed by atoms with Crippen LogP contribution in [0.3, 0.4) is 0 Å². The van der Waals surface area contributed by atoms with Crippen LogP contribution in [0.25, 0.3) is 0 Å². The summed E-state index contributed by atoms with van der Waals surface area (Å²) in [6.07, 6.45) is -0.0530. The molecule has 0 saturated heterocycles. The van der Waals surface area contributed by atoms with Crippen LogP contribution >= 0.6 is 0 Å². The average Bonchev–Trinajstić information content (AvgIpc) is 2.25. The van der Waals surface area contributed by atoms with Crippen LogP contribution in [0.2, 0.25) is 0 Å². The molecule has 0 aromatic heterocycles. The molecule has 1 aromatic rings. The largest absolute Gasteiger partial charge is 0.480 e. The number of hydrogen-bond acceptors (Lipinski definition) is 3. The summed E-state index contributed by atoms with van der Waals surface area (Å²) in [7, 11) is 0. The van der Waals surface area contributed by atoms with Crippen molar-refractivity contribution in [2.45, 2.75) is 32.4 Å². The van der Waals surface area contributed by atoms with Crippen molar-refractivity contribution in [3.05, 3.63) is 29.8 Å². The molecule has 4 N–H and O–H groups in total. The highest BCUT2D eigenvalue weighted by atomic mass is 16.5. The number of nitrogens with two attached hydrogens (primary N) is 2. The number of rotatable bonds is 5. The number of ether oxygens (including phenoxy) is 1. The highest BCUT2D eigenvalue weighted by molar-refractivity contribution is 5.79. The Morgan fingerprint density at radius 1 is 1.44 bits per heavy atom. The second-order valence-corrected chi connectivity index (χ2v) is 3.74. The molecule has 1 amide bonds. The van der Waals surface area contributed by atoms with E-state index >= 15 is 0 Å². The standard InChI is InChI=1S/C12H18N2O2/c1-3-10(12(14)15)16-11-7-5-4-6-9(11)8(2)13/h4-8,10H,3,13H2,1-2H3,(H2,14,15). The number of carbonyl (C=O) groups is 1. The molecule has 0 heterocycles.